The molecule has 0 fully saturated rings. The number of rotatable bonds is 4. The number of benzene rings is 2. The second-order valence-electron chi connectivity index (χ2n) is 7.42. The first kappa shape index (κ1) is 18.1. The highest BCUT2D eigenvalue weighted by atomic mass is 15.0. The van der Waals surface area contributed by atoms with Gasteiger partial charge < -0.3 is 11.1 Å². The molecule has 28 heavy (non-hydrogen) atoms. The summed E-state index contributed by atoms with van der Waals surface area (Å²) in [5, 5.41) is 4.18. The second-order valence-corrected chi connectivity index (χ2v) is 7.42. The number of nitrogens with zero attached hydrogens (tertiary/aromatic N) is 3. The zero-order valence-corrected chi connectivity index (χ0v) is 16.3. The molecule has 0 spiro atoms. The van der Waals surface area contributed by atoms with Gasteiger partial charge in [0.15, 0.2) is 5.82 Å². The van der Waals surface area contributed by atoms with Crippen molar-refractivity contribution in [1.82, 2.24) is 15.0 Å². The quantitative estimate of drug-likeness (QED) is 0.550. The Bertz CT molecular complexity index is 1110. The zero-order valence-electron chi connectivity index (χ0n) is 16.3. The van der Waals surface area contributed by atoms with Crippen molar-refractivity contribution in [3.05, 3.63) is 72.6 Å². The average Bonchev–Trinajstić information content (AvgIpc) is 2.72. The van der Waals surface area contributed by atoms with E-state index in [1.807, 2.05) is 39.1 Å². The first-order valence-electron chi connectivity index (χ1n) is 9.25. The average molecular weight is 369 g/mol. The molecule has 0 unspecified atom stereocenters. The summed E-state index contributed by atoms with van der Waals surface area (Å²) in [5.74, 6) is 1.46. The molecular weight excluding hydrogens is 346 g/mol. The highest BCUT2D eigenvalue weighted by Crippen LogP contribution is 2.30. The van der Waals surface area contributed by atoms with Crippen LogP contribution in [0.15, 0.2) is 67.0 Å². The molecule has 4 aromatic rings. The van der Waals surface area contributed by atoms with Crippen molar-refractivity contribution in [2.75, 3.05) is 12.4 Å². The van der Waals surface area contributed by atoms with Gasteiger partial charge in [-0.3, -0.25) is 4.98 Å². The Kier molecular flexibility index (Phi) is 4.53. The van der Waals surface area contributed by atoms with Crippen LogP contribution in [-0.4, -0.2) is 22.0 Å². The fourth-order valence-electron chi connectivity index (χ4n) is 3.21. The van der Waals surface area contributed by atoms with Gasteiger partial charge >= 0.3 is 0 Å². The summed E-state index contributed by atoms with van der Waals surface area (Å²) in [4.78, 5) is 13.6. The standard InChI is InChI=1S/C23H23N5/c1-23(2,24)18-9-6-15(7-10-18)16-8-11-20-19(13-16)22(25-3)28-21(27-20)17-5-4-12-26-14-17/h4-14H,24H2,1-3H3,(H,25,27,28). The van der Waals surface area contributed by atoms with Crippen LogP contribution in [0.5, 0.6) is 0 Å². The lowest BCUT2D eigenvalue weighted by Gasteiger charge is -2.19. The first-order valence-corrected chi connectivity index (χ1v) is 9.25. The van der Waals surface area contributed by atoms with Crippen LogP contribution in [0.4, 0.5) is 5.82 Å². The number of nitrogens with one attached hydrogen (secondary N) is 1. The first-order chi connectivity index (χ1) is 13.5. The van der Waals surface area contributed by atoms with E-state index >= 15 is 0 Å². The fraction of sp³-hybridized carbons (Fsp3) is 0.174. The molecule has 0 aliphatic rings. The summed E-state index contributed by atoms with van der Waals surface area (Å²) in [6, 6.07) is 18.5. The summed E-state index contributed by atoms with van der Waals surface area (Å²) in [6.07, 6.45) is 3.52. The molecule has 4 rings (SSSR count). The van der Waals surface area contributed by atoms with Crippen molar-refractivity contribution in [3.63, 3.8) is 0 Å². The molecule has 0 aliphatic heterocycles. The molecule has 140 valence electrons. The van der Waals surface area contributed by atoms with E-state index in [1.54, 1.807) is 12.4 Å². The largest absolute Gasteiger partial charge is 0.373 e. The van der Waals surface area contributed by atoms with E-state index in [-0.39, 0.29) is 5.54 Å². The van der Waals surface area contributed by atoms with Gasteiger partial charge in [0.25, 0.3) is 0 Å². The topological polar surface area (TPSA) is 76.7 Å². The van der Waals surface area contributed by atoms with Crippen LogP contribution in [0.1, 0.15) is 19.4 Å². The SMILES string of the molecule is CNc1nc(-c2cccnc2)nc2ccc(-c3ccc(C(C)(C)N)cc3)cc12. The van der Waals surface area contributed by atoms with Crippen molar-refractivity contribution in [3.8, 4) is 22.5 Å². The summed E-state index contributed by atoms with van der Waals surface area (Å²) < 4.78 is 0. The molecule has 2 aromatic heterocycles. The number of hydrogen-bond donors (Lipinski definition) is 2. The summed E-state index contributed by atoms with van der Waals surface area (Å²) in [5.41, 5.74) is 11.0. The highest BCUT2D eigenvalue weighted by molar-refractivity contribution is 5.93. The highest BCUT2D eigenvalue weighted by Gasteiger charge is 2.14. The Balaban J connectivity index is 1.79. The molecule has 0 aliphatic carbocycles. The van der Waals surface area contributed by atoms with E-state index in [0.717, 1.165) is 39.0 Å². The van der Waals surface area contributed by atoms with E-state index in [9.17, 15) is 0 Å². The van der Waals surface area contributed by atoms with Gasteiger partial charge in [-0.05, 0) is 54.8 Å². The monoisotopic (exact) mass is 369 g/mol. The normalized spacial score (nSPS) is 11.6. The van der Waals surface area contributed by atoms with Crippen LogP contribution >= 0.6 is 0 Å². The molecule has 0 bridgehead atoms. The van der Waals surface area contributed by atoms with Crippen molar-refractivity contribution in [2.45, 2.75) is 19.4 Å². The number of fused-ring (bicyclic) bond motifs is 1. The number of aromatic nitrogens is 3. The number of nitrogens with two attached hydrogens (primary N) is 1. The van der Waals surface area contributed by atoms with Gasteiger partial charge in [0.2, 0.25) is 0 Å². The van der Waals surface area contributed by atoms with Crippen molar-refractivity contribution < 1.29 is 0 Å². The molecule has 2 aromatic carbocycles. The summed E-state index contributed by atoms with van der Waals surface area (Å²) >= 11 is 0. The van der Waals surface area contributed by atoms with E-state index in [2.05, 4.69) is 46.7 Å². The minimum atomic E-state index is -0.349. The third kappa shape index (κ3) is 3.44. The third-order valence-electron chi connectivity index (χ3n) is 4.81. The number of pyridine rings is 1. The smallest absolute Gasteiger partial charge is 0.163 e. The van der Waals surface area contributed by atoms with Gasteiger partial charge in [-0.15, -0.1) is 0 Å². The van der Waals surface area contributed by atoms with E-state index in [4.69, 9.17) is 15.7 Å². The van der Waals surface area contributed by atoms with Crippen LogP contribution < -0.4 is 11.1 Å². The maximum absolute atomic E-state index is 6.19. The Hall–Kier alpha value is -3.31. The molecule has 2 heterocycles. The zero-order chi connectivity index (χ0) is 19.7. The minimum Gasteiger partial charge on any atom is -0.373 e. The van der Waals surface area contributed by atoms with E-state index in [1.165, 1.54) is 0 Å². The predicted molar refractivity (Wildman–Crippen MR) is 115 cm³/mol. The van der Waals surface area contributed by atoms with Crippen molar-refractivity contribution in [2.24, 2.45) is 5.73 Å². The van der Waals surface area contributed by atoms with Gasteiger partial charge in [-0.2, -0.15) is 0 Å². The summed E-state index contributed by atoms with van der Waals surface area (Å²) in [6.45, 7) is 4.02. The maximum Gasteiger partial charge on any atom is 0.163 e. The van der Waals surface area contributed by atoms with Crippen LogP contribution in [0.3, 0.4) is 0 Å². The Morgan fingerprint density at radius 3 is 2.29 bits per heavy atom. The fourth-order valence-corrected chi connectivity index (χ4v) is 3.21. The molecule has 0 amide bonds. The maximum atomic E-state index is 6.19. The molecule has 0 saturated carbocycles. The Morgan fingerprint density at radius 1 is 0.893 bits per heavy atom. The lowest BCUT2D eigenvalue weighted by molar-refractivity contribution is 0.554. The van der Waals surface area contributed by atoms with E-state index in [0.29, 0.717) is 5.82 Å². The van der Waals surface area contributed by atoms with Gasteiger partial charge in [0.05, 0.1) is 5.52 Å². The lowest BCUT2D eigenvalue weighted by atomic mass is 9.93. The molecule has 0 saturated heterocycles. The molecule has 5 heteroatoms. The van der Waals surface area contributed by atoms with Crippen molar-refractivity contribution in [1.29, 1.82) is 0 Å². The minimum absolute atomic E-state index is 0.349. The summed E-state index contributed by atoms with van der Waals surface area (Å²) in [7, 11) is 1.87. The van der Waals surface area contributed by atoms with Crippen LogP contribution in [0, 0.1) is 0 Å². The number of hydrogen-bond acceptors (Lipinski definition) is 5. The van der Waals surface area contributed by atoms with Gasteiger partial charge in [0.1, 0.15) is 5.82 Å². The molecule has 0 atom stereocenters. The Labute approximate surface area is 164 Å². The van der Waals surface area contributed by atoms with Gasteiger partial charge in [0, 0.05) is 35.9 Å². The van der Waals surface area contributed by atoms with Crippen molar-refractivity contribution >= 4 is 16.7 Å². The van der Waals surface area contributed by atoms with Crippen LogP contribution in [-0.2, 0) is 5.54 Å². The number of anilines is 1. The lowest BCUT2D eigenvalue weighted by Crippen LogP contribution is -2.28. The molecule has 0 radical (unpaired) electrons. The van der Waals surface area contributed by atoms with Gasteiger partial charge in [-0.25, -0.2) is 9.97 Å². The van der Waals surface area contributed by atoms with Crippen LogP contribution in [0.25, 0.3) is 33.4 Å². The Morgan fingerprint density at radius 2 is 1.64 bits per heavy atom. The van der Waals surface area contributed by atoms with Crippen LogP contribution in [0.2, 0.25) is 0 Å². The molecule has 3 N–H and O–H groups in total. The second kappa shape index (κ2) is 7.02. The third-order valence-corrected chi connectivity index (χ3v) is 4.81. The van der Waals surface area contributed by atoms with Gasteiger partial charge in [-0.1, -0.05) is 30.3 Å². The molecule has 5 nitrogen and oxygen atoms in total. The predicted octanol–water partition coefficient (Wildman–Crippen LogP) is 4.59. The molecular formula is C23H23N5. The van der Waals surface area contributed by atoms with E-state index < -0.39 is 0 Å².